The lowest BCUT2D eigenvalue weighted by Gasteiger charge is -2.46. The molecule has 2 aliphatic rings. The van der Waals surface area contributed by atoms with Crippen LogP contribution < -0.4 is 5.32 Å². The van der Waals surface area contributed by atoms with Gasteiger partial charge in [0.05, 0.1) is 32.0 Å². The summed E-state index contributed by atoms with van der Waals surface area (Å²) in [7, 11) is 0. The molecule has 0 saturated carbocycles. The Bertz CT molecular complexity index is 1060. The highest BCUT2D eigenvalue weighted by Gasteiger charge is 2.51. The van der Waals surface area contributed by atoms with Gasteiger partial charge in [-0.15, -0.1) is 0 Å². The molecule has 2 heterocycles. The normalized spacial score (nSPS) is 27.6. The highest BCUT2D eigenvalue weighted by Crippen LogP contribution is 2.30. The maximum Gasteiger partial charge on any atom is 0.220 e. The van der Waals surface area contributed by atoms with Gasteiger partial charge >= 0.3 is 0 Å². The Morgan fingerprint density at radius 3 is 1.31 bits per heavy atom. The molecule has 2 rings (SSSR count). The lowest BCUT2D eigenvalue weighted by molar-refractivity contribution is -0.359. The molecule has 14 heteroatoms. The van der Waals surface area contributed by atoms with Crippen LogP contribution in [-0.4, -0.2) is 140 Å². The average molecular weight is 892 g/mol. The molecular formula is C48H93NO13. The van der Waals surface area contributed by atoms with E-state index in [1.54, 1.807) is 6.92 Å². The van der Waals surface area contributed by atoms with Crippen molar-refractivity contribution < 1.29 is 64.6 Å². The second-order valence-corrected chi connectivity index (χ2v) is 18.3. The van der Waals surface area contributed by atoms with Gasteiger partial charge in [0.25, 0.3) is 0 Å². The van der Waals surface area contributed by atoms with E-state index in [1.165, 1.54) is 154 Å². The fourth-order valence-electron chi connectivity index (χ4n) is 8.67. The first-order valence-electron chi connectivity index (χ1n) is 25.3. The van der Waals surface area contributed by atoms with E-state index in [-0.39, 0.29) is 18.9 Å². The van der Waals surface area contributed by atoms with Crippen molar-refractivity contribution in [1.82, 2.24) is 5.32 Å². The number of aliphatic hydroxyl groups excluding tert-OH is 8. The summed E-state index contributed by atoms with van der Waals surface area (Å²) in [6.45, 7) is 2.32. The van der Waals surface area contributed by atoms with Crippen molar-refractivity contribution in [3.63, 3.8) is 0 Å². The Labute approximate surface area is 374 Å². The summed E-state index contributed by atoms with van der Waals surface area (Å²) in [4.78, 5) is 12.3. The van der Waals surface area contributed by atoms with Crippen LogP contribution in [0.25, 0.3) is 0 Å². The quantitative estimate of drug-likeness (QED) is 0.0313. The first-order valence-corrected chi connectivity index (χ1v) is 25.3. The van der Waals surface area contributed by atoms with Gasteiger partial charge in [0.15, 0.2) is 12.6 Å². The fourth-order valence-corrected chi connectivity index (χ4v) is 8.67. The van der Waals surface area contributed by atoms with Gasteiger partial charge < -0.3 is 65.1 Å². The number of rotatable bonds is 39. The van der Waals surface area contributed by atoms with Gasteiger partial charge in [-0.1, -0.05) is 194 Å². The number of amides is 1. The Hall–Kier alpha value is -1.01. The van der Waals surface area contributed by atoms with Crippen molar-refractivity contribution in [3.8, 4) is 0 Å². The van der Waals surface area contributed by atoms with E-state index in [0.717, 1.165) is 25.7 Å². The minimum Gasteiger partial charge on any atom is -0.394 e. The molecule has 2 fully saturated rings. The third kappa shape index (κ3) is 23.4. The van der Waals surface area contributed by atoms with Gasteiger partial charge in [-0.25, -0.2) is 0 Å². The molecule has 0 aromatic heterocycles. The van der Waals surface area contributed by atoms with E-state index in [0.29, 0.717) is 6.42 Å². The van der Waals surface area contributed by atoms with Crippen molar-refractivity contribution in [3.05, 3.63) is 0 Å². The van der Waals surface area contributed by atoms with Gasteiger partial charge in [-0.3, -0.25) is 4.79 Å². The van der Waals surface area contributed by atoms with E-state index < -0.39 is 86.8 Å². The zero-order chi connectivity index (χ0) is 45.4. The molecule has 0 aliphatic carbocycles. The largest absolute Gasteiger partial charge is 0.394 e. The topological polar surface area (TPSA) is 228 Å². The second-order valence-electron chi connectivity index (χ2n) is 18.3. The summed E-state index contributed by atoms with van der Waals surface area (Å²) in [6.07, 6.45) is 21.2. The molecular weight excluding hydrogens is 799 g/mol. The van der Waals surface area contributed by atoms with Crippen molar-refractivity contribution in [2.24, 2.45) is 0 Å². The Morgan fingerprint density at radius 1 is 0.516 bits per heavy atom. The van der Waals surface area contributed by atoms with Crippen molar-refractivity contribution in [2.45, 2.75) is 280 Å². The lowest BCUT2D eigenvalue weighted by atomic mass is 9.97. The number of nitrogens with one attached hydrogen (secondary N) is 1. The van der Waals surface area contributed by atoms with Crippen LogP contribution in [0.2, 0.25) is 0 Å². The molecule has 2 saturated heterocycles. The van der Waals surface area contributed by atoms with Gasteiger partial charge in [-0.2, -0.15) is 0 Å². The van der Waals surface area contributed by atoms with Gasteiger partial charge in [-0.05, 0) is 6.42 Å². The molecule has 2 aliphatic heterocycles. The summed E-state index contributed by atoms with van der Waals surface area (Å²) in [5, 5.41) is 85.6. The van der Waals surface area contributed by atoms with Crippen LogP contribution in [0.4, 0.5) is 0 Å². The molecule has 0 aromatic rings. The van der Waals surface area contributed by atoms with Crippen LogP contribution in [0.15, 0.2) is 0 Å². The first kappa shape index (κ1) is 57.1. The van der Waals surface area contributed by atoms with Crippen LogP contribution in [-0.2, 0) is 23.7 Å². The van der Waals surface area contributed by atoms with Crippen LogP contribution in [0, 0.1) is 0 Å². The lowest BCUT2D eigenvalue weighted by Crippen LogP contribution is -2.65. The average Bonchev–Trinajstić information content (AvgIpc) is 3.27. The SMILES string of the molecule is CCCCCCCCCCCCCCCCCCCCCCCCCCCCCCC(O)C(COC1OC(CO)C(OC2OC(CO)C(O)C(O)C2O)C(O)C1O)NC(=O)CC. The highest BCUT2D eigenvalue weighted by atomic mass is 16.7. The fraction of sp³-hybridized carbons (Fsp3) is 0.979. The maximum atomic E-state index is 12.3. The molecule has 0 aromatic carbocycles. The van der Waals surface area contributed by atoms with Crippen molar-refractivity contribution >= 4 is 5.91 Å². The van der Waals surface area contributed by atoms with E-state index >= 15 is 0 Å². The number of ether oxygens (including phenoxy) is 4. The number of aliphatic hydroxyl groups is 8. The van der Waals surface area contributed by atoms with Crippen molar-refractivity contribution in [1.29, 1.82) is 0 Å². The van der Waals surface area contributed by atoms with Crippen molar-refractivity contribution in [2.75, 3.05) is 19.8 Å². The van der Waals surface area contributed by atoms with Crippen LogP contribution in [0.5, 0.6) is 0 Å². The van der Waals surface area contributed by atoms with E-state index in [1.807, 2.05) is 0 Å². The number of carbonyl (C=O) groups is 1. The summed E-state index contributed by atoms with van der Waals surface area (Å²) >= 11 is 0. The minimum atomic E-state index is -1.78. The molecule has 12 atom stereocenters. The zero-order valence-corrected chi connectivity index (χ0v) is 38.9. The molecule has 0 spiro atoms. The number of hydrogen-bond acceptors (Lipinski definition) is 13. The Morgan fingerprint density at radius 2 is 0.903 bits per heavy atom. The molecule has 12 unspecified atom stereocenters. The standard InChI is InChI=1S/C48H93NO13/c1-3-5-6-7-8-9-10-11-12-13-14-15-16-17-18-19-20-21-22-23-24-25-26-27-28-29-30-31-32-37(52)36(49-40(53)4-2)35-59-47-45(58)43(56)46(39(34-51)61-47)62-48-44(57)42(55)41(54)38(33-50)60-48/h36-39,41-48,50-52,54-58H,3-35H2,1-2H3,(H,49,53). The zero-order valence-electron chi connectivity index (χ0n) is 38.9. The first-order chi connectivity index (χ1) is 30.1. The summed E-state index contributed by atoms with van der Waals surface area (Å²) in [5.41, 5.74) is 0. The van der Waals surface area contributed by atoms with Gasteiger partial charge in [0.2, 0.25) is 5.91 Å². The molecule has 1 amide bonds. The minimum absolute atomic E-state index is 0.188. The van der Waals surface area contributed by atoms with E-state index in [9.17, 15) is 45.6 Å². The summed E-state index contributed by atoms with van der Waals surface area (Å²) in [5.74, 6) is -0.292. The molecule has 14 nitrogen and oxygen atoms in total. The second kappa shape index (κ2) is 36.2. The monoisotopic (exact) mass is 892 g/mol. The molecule has 0 bridgehead atoms. The van der Waals surface area contributed by atoms with Crippen LogP contribution in [0.3, 0.4) is 0 Å². The van der Waals surface area contributed by atoms with Crippen LogP contribution >= 0.6 is 0 Å². The summed E-state index contributed by atoms with van der Waals surface area (Å²) in [6, 6.07) is -0.819. The molecule has 9 N–H and O–H groups in total. The Kier molecular flexibility index (Phi) is 33.3. The molecule has 368 valence electrons. The van der Waals surface area contributed by atoms with Gasteiger partial charge in [0, 0.05) is 6.42 Å². The highest BCUT2D eigenvalue weighted by molar-refractivity contribution is 5.75. The third-order valence-electron chi connectivity index (χ3n) is 12.9. The van der Waals surface area contributed by atoms with E-state index in [2.05, 4.69) is 12.2 Å². The maximum absolute atomic E-state index is 12.3. The van der Waals surface area contributed by atoms with Gasteiger partial charge in [0.1, 0.15) is 48.8 Å². The molecule has 0 radical (unpaired) electrons. The van der Waals surface area contributed by atoms with E-state index in [4.69, 9.17) is 18.9 Å². The number of hydrogen-bond donors (Lipinski definition) is 9. The Balaban J connectivity index is 1.51. The molecule has 62 heavy (non-hydrogen) atoms. The summed E-state index contributed by atoms with van der Waals surface area (Å²) < 4.78 is 22.4. The number of carbonyl (C=O) groups excluding carboxylic acids is 1. The van der Waals surface area contributed by atoms with Crippen LogP contribution in [0.1, 0.15) is 206 Å². The predicted octanol–water partition coefficient (Wildman–Crippen LogP) is 6.22. The third-order valence-corrected chi connectivity index (χ3v) is 12.9. The smallest absolute Gasteiger partial charge is 0.220 e. The predicted molar refractivity (Wildman–Crippen MR) is 240 cm³/mol. The number of unbranched alkanes of at least 4 members (excludes halogenated alkanes) is 27.